The number of methoxy groups -OCH3 is 1. The van der Waals surface area contributed by atoms with Gasteiger partial charge in [0.1, 0.15) is 0 Å². The zero-order chi connectivity index (χ0) is 13.5. The van der Waals surface area contributed by atoms with Gasteiger partial charge in [-0.3, -0.25) is 4.79 Å². The van der Waals surface area contributed by atoms with Gasteiger partial charge >= 0.3 is 5.97 Å². The van der Waals surface area contributed by atoms with Crippen molar-refractivity contribution in [3.8, 4) is 0 Å². The zero-order valence-corrected chi connectivity index (χ0v) is 11.8. The molecule has 0 amide bonds. The summed E-state index contributed by atoms with van der Waals surface area (Å²) in [7, 11) is 1.10. The Morgan fingerprint density at radius 2 is 1.89 bits per heavy atom. The average molecular weight is 267 g/mol. The molecule has 1 aromatic carbocycles. The molecule has 98 valence electrons. The molecule has 3 nitrogen and oxygen atoms in total. The maximum Gasteiger partial charge on any atom is 0.359 e. The standard InChI is InChI=1S/C14H19O3S/c1-4-13(14(16)17-2)18(3)10-12(15)11-8-6-5-7-9-11/h5-9,13H,4,10H2,1-3H3/q+1. The summed E-state index contributed by atoms with van der Waals surface area (Å²) in [4.78, 5) is 23.6. The normalized spacial score (nSPS) is 13.7. The molecule has 2 unspecified atom stereocenters. The molecule has 0 radical (unpaired) electrons. The fourth-order valence-corrected chi connectivity index (χ4v) is 3.54. The van der Waals surface area contributed by atoms with Crippen molar-refractivity contribution in [2.45, 2.75) is 18.6 Å². The van der Waals surface area contributed by atoms with E-state index in [4.69, 9.17) is 4.74 Å². The summed E-state index contributed by atoms with van der Waals surface area (Å²) in [5.41, 5.74) is 0.705. The fraction of sp³-hybridized carbons (Fsp3) is 0.429. The largest absolute Gasteiger partial charge is 0.465 e. The van der Waals surface area contributed by atoms with Gasteiger partial charge in [-0.1, -0.05) is 37.3 Å². The molecule has 0 saturated carbocycles. The number of carbonyl (C=O) groups excluding carboxylic acids is 2. The molecule has 0 heterocycles. The van der Waals surface area contributed by atoms with Crippen molar-refractivity contribution in [1.82, 2.24) is 0 Å². The Hall–Kier alpha value is -1.29. The van der Waals surface area contributed by atoms with Crippen LogP contribution in [0.1, 0.15) is 23.7 Å². The molecule has 1 aromatic rings. The maximum absolute atomic E-state index is 12.0. The van der Waals surface area contributed by atoms with E-state index in [9.17, 15) is 9.59 Å². The van der Waals surface area contributed by atoms with Gasteiger partial charge in [0.15, 0.2) is 5.75 Å². The van der Waals surface area contributed by atoms with E-state index in [0.717, 1.165) is 0 Å². The highest BCUT2D eigenvalue weighted by molar-refractivity contribution is 7.98. The van der Waals surface area contributed by atoms with E-state index in [2.05, 4.69) is 0 Å². The number of ketones is 1. The molecule has 1 rings (SSSR count). The van der Waals surface area contributed by atoms with Crippen LogP contribution in [0, 0.1) is 0 Å². The van der Waals surface area contributed by atoms with Crippen molar-refractivity contribution in [2.24, 2.45) is 0 Å². The van der Waals surface area contributed by atoms with Crippen LogP contribution >= 0.6 is 0 Å². The first-order valence-electron chi connectivity index (χ1n) is 5.87. The predicted octanol–water partition coefficient (Wildman–Crippen LogP) is 2.07. The molecule has 18 heavy (non-hydrogen) atoms. The van der Waals surface area contributed by atoms with Crippen LogP contribution in [0.2, 0.25) is 0 Å². The molecule has 4 heteroatoms. The van der Waals surface area contributed by atoms with E-state index in [-0.39, 0.29) is 27.9 Å². The van der Waals surface area contributed by atoms with Gasteiger partial charge in [-0.15, -0.1) is 0 Å². The van der Waals surface area contributed by atoms with Gasteiger partial charge in [0.25, 0.3) is 0 Å². The molecule has 0 fully saturated rings. The van der Waals surface area contributed by atoms with E-state index in [1.165, 1.54) is 7.11 Å². The number of Topliss-reactive ketones (excluding diaryl/α,β-unsaturated/α-hetero) is 1. The molecule has 0 bridgehead atoms. The third kappa shape index (κ3) is 3.88. The Labute approximate surface area is 111 Å². The molecule has 0 aliphatic carbocycles. The van der Waals surface area contributed by atoms with E-state index < -0.39 is 0 Å². The van der Waals surface area contributed by atoms with Crippen LogP contribution in [-0.4, -0.2) is 36.1 Å². The Morgan fingerprint density at radius 1 is 1.28 bits per heavy atom. The van der Waals surface area contributed by atoms with Crippen LogP contribution in [0.3, 0.4) is 0 Å². The summed E-state index contributed by atoms with van der Waals surface area (Å²) < 4.78 is 4.77. The lowest BCUT2D eigenvalue weighted by Gasteiger charge is -2.12. The third-order valence-corrected chi connectivity index (χ3v) is 4.99. The Kier molecular flexibility index (Phi) is 5.92. The molecule has 0 spiro atoms. The van der Waals surface area contributed by atoms with Gasteiger partial charge in [-0.05, 0) is 0 Å². The van der Waals surface area contributed by atoms with Crippen LogP contribution in [0.4, 0.5) is 0 Å². The number of carbonyl (C=O) groups is 2. The number of benzene rings is 1. The summed E-state index contributed by atoms with van der Waals surface area (Å²) in [5.74, 6) is 0.269. The van der Waals surface area contributed by atoms with Crippen molar-refractivity contribution in [1.29, 1.82) is 0 Å². The summed E-state index contributed by atoms with van der Waals surface area (Å²) in [6, 6.07) is 9.18. The number of rotatable bonds is 6. The molecule has 0 saturated heterocycles. The van der Waals surface area contributed by atoms with Crippen LogP contribution in [0.25, 0.3) is 0 Å². The zero-order valence-electron chi connectivity index (χ0n) is 11.0. The van der Waals surface area contributed by atoms with Gasteiger partial charge in [0, 0.05) is 22.9 Å². The van der Waals surface area contributed by atoms with Crippen molar-refractivity contribution in [3.63, 3.8) is 0 Å². The average Bonchev–Trinajstić information content (AvgIpc) is 2.40. The molecular formula is C14H19O3S+. The second kappa shape index (κ2) is 7.21. The lowest BCUT2D eigenvalue weighted by Crippen LogP contribution is -2.34. The predicted molar refractivity (Wildman–Crippen MR) is 75.0 cm³/mol. The molecule has 0 aromatic heterocycles. The highest BCUT2D eigenvalue weighted by Gasteiger charge is 2.34. The van der Waals surface area contributed by atoms with Gasteiger partial charge in [-0.2, -0.15) is 0 Å². The molecule has 2 atom stereocenters. The topological polar surface area (TPSA) is 43.4 Å². The highest BCUT2D eigenvalue weighted by atomic mass is 32.2. The van der Waals surface area contributed by atoms with Crippen LogP contribution in [0.5, 0.6) is 0 Å². The number of hydrogen-bond donors (Lipinski definition) is 0. The maximum atomic E-state index is 12.0. The van der Waals surface area contributed by atoms with Crippen LogP contribution in [-0.2, 0) is 20.4 Å². The summed E-state index contributed by atoms with van der Waals surface area (Å²) in [6.45, 7) is 1.94. The monoisotopic (exact) mass is 267 g/mol. The number of ether oxygens (including phenoxy) is 1. The first-order chi connectivity index (χ1) is 8.60. The Bertz CT molecular complexity index is 403. The first-order valence-corrected chi connectivity index (χ1v) is 7.74. The number of hydrogen-bond acceptors (Lipinski definition) is 3. The van der Waals surface area contributed by atoms with Crippen molar-refractivity contribution < 1.29 is 14.3 Å². The van der Waals surface area contributed by atoms with Gasteiger partial charge < -0.3 is 4.74 Å². The van der Waals surface area contributed by atoms with E-state index >= 15 is 0 Å². The minimum absolute atomic E-state index is 0.0868. The highest BCUT2D eigenvalue weighted by Crippen LogP contribution is 2.12. The lowest BCUT2D eigenvalue weighted by atomic mass is 10.2. The van der Waals surface area contributed by atoms with E-state index in [1.54, 1.807) is 12.1 Å². The quantitative estimate of drug-likeness (QED) is 0.450. The summed E-state index contributed by atoms with van der Waals surface area (Å²) >= 11 is 0. The fourth-order valence-electron chi connectivity index (χ4n) is 1.76. The third-order valence-electron chi connectivity index (χ3n) is 2.78. The molecule has 0 aliphatic heterocycles. The first kappa shape index (κ1) is 14.8. The van der Waals surface area contributed by atoms with Crippen molar-refractivity contribution in [2.75, 3.05) is 19.1 Å². The smallest absolute Gasteiger partial charge is 0.359 e. The SMILES string of the molecule is CCC(C(=O)OC)[S+](C)CC(=O)c1ccccc1. The molecular weight excluding hydrogens is 248 g/mol. The number of esters is 1. The molecule has 0 aliphatic rings. The summed E-state index contributed by atoms with van der Waals surface area (Å²) in [6.07, 6.45) is 2.65. The second-order valence-electron chi connectivity index (χ2n) is 4.04. The minimum atomic E-state index is -0.292. The van der Waals surface area contributed by atoms with Gasteiger partial charge in [-0.25, -0.2) is 4.79 Å². The van der Waals surface area contributed by atoms with Gasteiger partial charge in [0.05, 0.1) is 13.4 Å². The van der Waals surface area contributed by atoms with Crippen molar-refractivity contribution >= 4 is 22.6 Å². The lowest BCUT2D eigenvalue weighted by molar-refractivity contribution is -0.140. The van der Waals surface area contributed by atoms with E-state index in [0.29, 0.717) is 17.7 Å². The van der Waals surface area contributed by atoms with Crippen molar-refractivity contribution in [3.05, 3.63) is 35.9 Å². The van der Waals surface area contributed by atoms with Gasteiger partial charge in [0.2, 0.25) is 11.0 Å². The Morgan fingerprint density at radius 3 is 2.39 bits per heavy atom. The molecule has 0 N–H and O–H groups in total. The van der Waals surface area contributed by atoms with Crippen LogP contribution in [0.15, 0.2) is 30.3 Å². The minimum Gasteiger partial charge on any atom is -0.465 e. The van der Waals surface area contributed by atoms with Crippen LogP contribution < -0.4 is 0 Å². The Balaban J connectivity index is 2.66. The van der Waals surface area contributed by atoms with E-state index in [1.807, 2.05) is 31.4 Å². The second-order valence-corrected chi connectivity index (χ2v) is 6.28. The summed E-state index contributed by atoms with van der Waals surface area (Å²) in [5, 5.41) is -0.178.